The van der Waals surface area contributed by atoms with Crippen LogP contribution in [0.4, 0.5) is 0 Å². The Labute approximate surface area is 99.0 Å². The second kappa shape index (κ2) is 5.83. The maximum atomic E-state index is 11.3. The van der Waals surface area contributed by atoms with Crippen molar-refractivity contribution in [3.8, 4) is 0 Å². The molecule has 0 spiro atoms. The van der Waals surface area contributed by atoms with Gasteiger partial charge in [0.2, 0.25) is 5.91 Å². The molecule has 1 rings (SSSR count). The van der Waals surface area contributed by atoms with E-state index in [-0.39, 0.29) is 11.6 Å². The zero-order valence-electron chi connectivity index (χ0n) is 9.80. The number of imidazole rings is 1. The van der Waals surface area contributed by atoms with E-state index < -0.39 is 5.97 Å². The minimum Gasteiger partial charge on any atom is -0.476 e. The Hall–Kier alpha value is -2.11. The summed E-state index contributed by atoms with van der Waals surface area (Å²) in [6, 6.07) is 0. The van der Waals surface area contributed by atoms with Crippen LogP contribution in [-0.4, -0.2) is 33.1 Å². The molecule has 0 atom stereocenters. The van der Waals surface area contributed by atoms with Crippen molar-refractivity contribution >= 4 is 11.9 Å². The van der Waals surface area contributed by atoms with Crippen LogP contribution in [0, 0.1) is 0 Å². The molecule has 1 aromatic rings. The van der Waals surface area contributed by atoms with Crippen LogP contribution in [0.2, 0.25) is 0 Å². The summed E-state index contributed by atoms with van der Waals surface area (Å²) in [5, 5.41) is 11.3. The number of hydrogen-bond acceptors (Lipinski definition) is 3. The first-order chi connectivity index (χ1) is 7.99. The molecule has 0 aliphatic carbocycles. The summed E-state index contributed by atoms with van der Waals surface area (Å²) in [5.74, 6) is -1.21. The Kier molecular flexibility index (Phi) is 4.45. The normalized spacial score (nSPS) is 9.76. The fraction of sp³-hybridized carbons (Fsp3) is 0.364. The number of nitrogens with zero attached hydrogens (tertiary/aromatic N) is 2. The van der Waals surface area contributed by atoms with Crippen molar-refractivity contribution in [2.75, 3.05) is 6.54 Å². The highest BCUT2D eigenvalue weighted by Crippen LogP contribution is 1.95. The van der Waals surface area contributed by atoms with Crippen LogP contribution in [0.1, 0.15) is 24.3 Å². The monoisotopic (exact) mass is 237 g/mol. The van der Waals surface area contributed by atoms with Crippen LogP contribution < -0.4 is 5.32 Å². The van der Waals surface area contributed by atoms with Gasteiger partial charge < -0.3 is 15.0 Å². The van der Waals surface area contributed by atoms with E-state index in [9.17, 15) is 9.59 Å². The lowest BCUT2D eigenvalue weighted by Gasteiger charge is -2.03. The fourth-order valence-corrected chi connectivity index (χ4v) is 1.21. The molecule has 0 aliphatic rings. The Morgan fingerprint density at radius 2 is 2.24 bits per heavy atom. The van der Waals surface area contributed by atoms with Crippen LogP contribution in [0.15, 0.2) is 24.2 Å². The summed E-state index contributed by atoms with van der Waals surface area (Å²) in [5.41, 5.74) is 0.930. The van der Waals surface area contributed by atoms with Gasteiger partial charge in [0.05, 0.1) is 6.33 Å². The Bertz CT molecular complexity index is 445. The highest BCUT2D eigenvalue weighted by atomic mass is 16.4. The molecule has 1 aromatic heterocycles. The SMILES string of the molecule is CC(C)=CC(=O)NCCn1cnc(C(=O)O)c1. The lowest BCUT2D eigenvalue weighted by Crippen LogP contribution is -2.25. The van der Waals surface area contributed by atoms with Gasteiger partial charge in [0, 0.05) is 25.4 Å². The van der Waals surface area contributed by atoms with Gasteiger partial charge in [-0.05, 0) is 13.8 Å². The summed E-state index contributed by atoms with van der Waals surface area (Å²) in [4.78, 5) is 25.5. The molecular formula is C11H15N3O3. The van der Waals surface area contributed by atoms with Gasteiger partial charge in [-0.3, -0.25) is 4.79 Å². The van der Waals surface area contributed by atoms with Crippen molar-refractivity contribution < 1.29 is 14.7 Å². The largest absolute Gasteiger partial charge is 0.476 e. The third kappa shape index (κ3) is 4.50. The summed E-state index contributed by atoms with van der Waals surface area (Å²) in [6.07, 6.45) is 4.36. The molecule has 17 heavy (non-hydrogen) atoms. The highest BCUT2D eigenvalue weighted by molar-refractivity contribution is 5.88. The second-order valence-corrected chi connectivity index (χ2v) is 3.81. The van der Waals surface area contributed by atoms with E-state index in [2.05, 4.69) is 10.3 Å². The predicted octanol–water partition coefficient (Wildman–Crippen LogP) is 0.664. The number of allylic oxidation sites excluding steroid dienone is 1. The van der Waals surface area contributed by atoms with E-state index in [1.54, 1.807) is 4.57 Å². The molecule has 1 heterocycles. The number of aromatic nitrogens is 2. The molecule has 0 aromatic carbocycles. The zero-order valence-corrected chi connectivity index (χ0v) is 9.80. The molecule has 0 saturated carbocycles. The first-order valence-corrected chi connectivity index (χ1v) is 5.17. The number of aromatic carboxylic acids is 1. The lowest BCUT2D eigenvalue weighted by atomic mass is 10.3. The van der Waals surface area contributed by atoms with Gasteiger partial charge in [0.1, 0.15) is 0 Å². The predicted molar refractivity (Wildman–Crippen MR) is 61.6 cm³/mol. The number of carboxylic acid groups (broad SMARTS) is 1. The van der Waals surface area contributed by atoms with Crippen LogP contribution in [0.3, 0.4) is 0 Å². The van der Waals surface area contributed by atoms with E-state index in [1.807, 2.05) is 13.8 Å². The van der Waals surface area contributed by atoms with Crippen molar-refractivity contribution in [1.82, 2.24) is 14.9 Å². The van der Waals surface area contributed by atoms with E-state index >= 15 is 0 Å². The molecule has 92 valence electrons. The van der Waals surface area contributed by atoms with Gasteiger partial charge in [-0.25, -0.2) is 9.78 Å². The van der Waals surface area contributed by atoms with Crippen molar-refractivity contribution in [2.24, 2.45) is 0 Å². The number of nitrogens with one attached hydrogen (secondary N) is 1. The Balaban J connectivity index is 2.38. The average molecular weight is 237 g/mol. The third-order valence-corrected chi connectivity index (χ3v) is 1.94. The second-order valence-electron chi connectivity index (χ2n) is 3.81. The number of rotatable bonds is 5. The molecule has 0 radical (unpaired) electrons. The summed E-state index contributed by atoms with van der Waals surface area (Å²) in [7, 11) is 0. The number of carboxylic acids is 1. The quantitative estimate of drug-likeness (QED) is 0.737. The molecule has 2 N–H and O–H groups in total. The van der Waals surface area contributed by atoms with Crippen molar-refractivity contribution in [1.29, 1.82) is 0 Å². The van der Waals surface area contributed by atoms with Crippen LogP contribution >= 0.6 is 0 Å². The molecular weight excluding hydrogens is 222 g/mol. The van der Waals surface area contributed by atoms with Crippen LogP contribution in [-0.2, 0) is 11.3 Å². The molecule has 0 aliphatic heterocycles. The molecule has 0 bridgehead atoms. The molecule has 0 fully saturated rings. The van der Waals surface area contributed by atoms with E-state index in [4.69, 9.17) is 5.11 Å². The molecule has 6 heteroatoms. The minimum atomic E-state index is -1.06. The van der Waals surface area contributed by atoms with Crippen molar-refractivity contribution in [2.45, 2.75) is 20.4 Å². The molecule has 1 amide bonds. The van der Waals surface area contributed by atoms with Gasteiger partial charge in [0.25, 0.3) is 0 Å². The van der Waals surface area contributed by atoms with Gasteiger partial charge in [-0.2, -0.15) is 0 Å². The zero-order chi connectivity index (χ0) is 12.8. The summed E-state index contributed by atoms with van der Waals surface area (Å²) in [6.45, 7) is 4.60. The minimum absolute atomic E-state index is 0.000579. The molecule has 6 nitrogen and oxygen atoms in total. The van der Waals surface area contributed by atoms with E-state index in [0.29, 0.717) is 13.1 Å². The van der Waals surface area contributed by atoms with Gasteiger partial charge in [-0.15, -0.1) is 0 Å². The van der Waals surface area contributed by atoms with Crippen LogP contribution in [0.25, 0.3) is 0 Å². The van der Waals surface area contributed by atoms with Crippen molar-refractivity contribution in [3.05, 3.63) is 29.9 Å². The van der Waals surface area contributed by atoms with Gasteiger partial charge in [0.15, 0.2) is 5.69 Å². The molecule has 0 unspecified atom stereocenters. The maximum absolute atomic E-state index is 11.3. The Morgan fingerprint density at radius 3 is 2.76 bits per heavy atom. The Morgan fingerprint density at radius 1 is 1.53 bits per heavy atom. The van der Waals surface area contributed by atoms with Crippen molar-refractivity contribution in [3.63, 3.8) is 0 Å². The lowest BCUT2D eigenvalue weighted by molar-refractivity contribution is -0.116. The first-order valence-electron chi connectivity index (χ1n) is 5.17. The number of carbonyl (C=O) groups excluding carboxylic acids is 1. The van der Waals surface area contributed by atoms with Gasteiger partial charge in [-0.1, -0.05) is 5.57 Å². The average Bonchev–Trinajstić information content (AvgIpc) is 2.65. The van der Waals surface area contributed by atoms with E-state index in [1.165, 1.54) is 18.6 Å². The number of amides is 1. The molecule has 0 saturated heterocycles. The van der Waals surface area contributed by atoms with Gasteiger partial charge >= 0.3 is 5.97 Å². The summed E-state index contributed by atoms with van der Waals surface area (Å²) < 4.78 is 1.62. The summed E-state index contributed by atoms with van der Waals surface area (Å²) >= 11 is 0. The first kappa shape index (κ1) is 13.0. The number of hydrogen-bond donors (Lipinski definition) is 2. The standard InChI is InChI=1S/C11H15N3O3/c1-8(2)5-10(15)12-3-4-14-6-9(11(16)17)13-7-14/h5-7H,3-4H2,1-2H3,(H,12,15)(H,16,17). The topological polar surface area (TPSA) is 84.2 Å². The highest BCUT2D eigenvalue weighted by Gasteiger charge is 2.05. The number of carbonyl (C=O) groups is 2. The maximum Gasteiger partial charge on any atom is 0.356 e. The van der Waals surface area contributed by atoms with E-state index in [0.717, 1.165) is 5.57 Å². The van der Waals surface area contributed by atoms with Crippen LogP contribution in [0.5, 0.6) is 0 Å². The third-order valence-electron chi connectivity index (χ3n) is 1.94. The smallest absolute Gasteiger partial charge is 0.356 e. The fourth-order valence-electron chi connectivity index (χ4n) is 1.21.